The van der Waals surface area contributed by atoms with Gasteiger partial charge in [0.05, 0.1) is 3.79 Å². The van der Waals surface area contributed by atoms with E-state index in [1.807, 2.05) is 20.8 Å². The van der Waals surface area contributed by atoms with E-state index in [0.29, 0.717) is 18.5 Å². The number of carbonyl (C=O) groups is 1. The number of halogens is 1. The standard InChI is InChI=1S/C17H27BrN2O2S/c1-17(2,3)22-16(21)20-10-12-6-4-5-7-14(12)19-11-13-8-9-15(18)23-13/h8-9,12,14,19H,4-7,10-11H2,1-3H3,(H,20,21). The van der Waals surface area contributed by atoms with Crippen LogP contribution in [0.1, 0.15) is 51.3 Å². The highest BCUT2D eigenvalue weighted by Gasteiger charge is 2.26. The second kappa shape index (κ2) is 8.49. The van der Waals surface area contributed by atoms with E-state index in [1.54, 1.807) is 11.3 Å². The van der Waals surface area contributed by atoms with Gasteiger partial charge in [0.2, 0.25) is 0 Å². The van der Waals surface area contributed by atoms with Crippen molar-refractivity contribution in [3.8, 4) is 0 Å². The Bertz CT molecular complexity index is 513. The number of rotatable bonds is 5. The van der Waals surface area contributed by atoms with Gasteiger partial charge in [-0.25, -0.2) is 4.79 Å². The minimum absolute atomic E-state index is 0.316. The topological polar surface area (TPSA) is 50.4 Å². The van der Waals surface area contributed by atoms with Gasteiger partial charge in [0.1, 0.15) is 5.60 Å². The third-order valence-electron chi connectivity index (χ3n) is 3.98. The zero-order valence-corrected chi connectivity index (χ0v) is 16.6. The first-order valence-electron chi connectivity index (χ1n) is 8.28. The average Bonchev–Trinajstić information content (AvgIpc) is 2.87. The summed E-state index contributed by atoms with van der Waals surface area (Å²) >= 11 is 5.27. The van der Waals surface area contributed by atoms with Crippen LogP contribution in [0, 0.1) is 5.92 Å². The summed E-state index contributed by atoms with van der Waals surface area (Å²) in [5.74, 6) is 0.472. The minimum atomic E-state index is -0.444. The van der Waals surface area contributed by atoms with Crippen LogP contribution in [-0.4, -0.2) is 24.3 Å². The molecule has 2 rings (SSSR count). The van der Waals surface area contributed by atoms with Crippen molar-refractivity contribution < 1.29 is 9.53 Å². The lowest BCUT2D eigenvalue weighted by molar-refractivity contribution is 0.0510. The van der Waals surface area contributed by atoms with Crippen molar-refractivity contribution in [1.29, 1.82) is 0 Å². The molecule has 0 bridgehead atoms. The molecule has 0 radical (unpaired) electrons. The number of carbonyl (C=O) groups excluding carboxylic acids is 1. The summed E-state index contributed by atoms with van der Waals surface area (Å²) in [7, 11) is 0. The summed E-state index contributed by atoms with van der Waals surface area (Å²) in [6.45, 7) is 7.23. The maximum atomic E-state index is 11.8. The van der Waals surface area contributed by atoms with Gasteiger partial charge in [-0.3, -0.25) is 0 Å². The quantitative estimate of drug-likeness (QED) is 0.750. The fraction of sp³-hybridized carbons (Fsp3) is 0.706. The second-order valence-corrected chi connectivity index (χ2v) is 9.67. The number of hydrogen-bond acceptors (Lipinski definition) is 4. The molecule has 0 aromatic carbocycles. The number of alkyl carbamates (subject to hydrolysis) is 1. The highest BCUT2D eigenvalue weighted by molar-refractivity contribution is 9.11. The van der Waals surface area contributed by atoms with Gasteiger partial charge in [-0.15, -0.1) is 11.3 Å². The van der Waals surface area contributed by atoms with Gasteiger partial charge in [0.25, 0.3) is 0 Å². The van der Waals surface area contributed by atoms with E-state index in [1.165, 1.54) is 27.9 Å². The molecule has 0 saturated heterocycles. The first kappa shape index (κ1) is 18.7. The Morgan fingerprint density at radius 1 is 1.35 bits per heavy atom. The Morgan fingerprint density at radius 2 is 2.09 bits per heavy atom. The normalized spacial score (nSPS) is 21.9. The van der Waals surface area contributed by atoms with Crippen LogP contribution in [0.4, 0.5) is 4.79 Å². The lowest BCUT2D eigenvalue weighted by atomic mass is 9.84. The molecular weight excluding hydrogens is 376 g/mol. The summed E-state index contributed by atoms with van der Waals surface area (Å²) in [6.07, 6.45) is 4.51. The lowest BCUT2D eigenvalue weighted by Gasteiger charge is -2.32. The van der Waals surface area contributed by atoms with E-state index in [4.69, 9.17) is 4.74 Å². The summed E-state index contributed by atoms with van der Waals surface area (Å²) in [6, 6.07) is 4.70. The van der Waals surface area contributed by atoms with Gasteiger partial charge >= 0.3 is 6.09 Å². The zero-order chi connectivity index (χ0) is 16.9. The SMILES string of the molecule is CC(C)(C)OC(=O)NCC1CCCCC1NCc1ccc(Br)s1. The molecule has 1 aromatic heterocycles. The fourth-order valence-electron chi connectivity index (χ4n) is 2.93. The summed E-state index contributed by atoms with van der Waals surface area (Å²) in [5, 5.41) is 6.61. The largest absolute Gasteiger partial charge is 0.444 e. The highest BCUT2D eigenvalue weighted by Crippen LogP contribution is 2.26. The molecule has 1 saturated carbocycles. The maximum Gasteiger partial charge on any atom is 0.407 e. The Balaban J connectivity index is 1.79. The van der Waals surface area contributed by atoms with Gasteiger partial charge in [0, 0.05) is 24.0 Å². The van der Waals surface area contributed by atoms with Gasteiger partial charge in [-0.1, -0.05) is 12.8 Å². The molecule has 1 heterocycles. The summed E-state index contributed by atoms with van der Waals surface area (Å²) in [5.41, 5.74) is -0.444. The van der Waals surface area contributed by atoms with Crippen LogP contribution in [0.15, 0.2) is 15.9 Å². The molecule has 4 nitrogen and oxygen atoms in total. The van der Waals surface area contributed by atoms with Gasteiger partial charge < -0.3 is 15.4 Å². The van der Waals surface area contributed by atoms with E-state index < -0.39 is 5.60 Å². The molecule has 2 atom stereocenters. The van der Waals surface area contributed by atoms with Crippen LogP contribution in [0.5, 0.6) is 0 Å². The number of thiophene rings is 1. The summed E-state index contributed by atoms with van der Waals surface area (Å²) < 4.78 is 6.49. The molecule has 130 valence electrons. The smallest absolute Gasteiger partial charge is 0.407 e. The number of ether oxygens (including phenoxy) is 1. The number of nitrogens with one attached hydrogen (secondary N) is 2. The predicted octanol–water partition coefficient (Wildman–Crippen LogP) is 4.68. The van der Waals surface area contributed by atoms with Crippen molar-refractivity contribution in [2.24, 2.45) is 5.92 Å². The van der Waals surface area contributed by atoms with E-state index in [0.717, 1.165) is 13.0 Å². The Morgan fingerprint density at radius 3 is 2.74 bits per heavy atom. The molecule has 1 aliphatic carbocycles. The van der Waals surface area contributed by atoms with Crippen molar-refractivity contribution in [3.05, 3.63) is 20.8 Å². The third kappa shape index (κ3) is 6.81. The second-order valence-electron chi connectivity index (χ2n) is 7.12. The number of amides is 1. The first-order chi connectivity index (χ1) is 10.8. The maximum absolute atomic E-state index is 11.8. The third-order valence-corrected chi connectivity index (χ3v) is 5.61. The van der Waals surface area contributed by atoms with Crippen LogP contribution in [0.3, 0.4) is 0 Å². The molecule has 2 unspecified atom stereocenters. The molecule has 1 amide bonds. The van der Waals surface area contributed by atoms with E-state index >= 15 is 0 Å². The van der Waals surface area contributed by atoms with Gasteiger partial charge in [-0.2, -0.15) is 0 Å². The molecular formula is C17H27BrN2O2S. The molecule has 0 aliphatic heterocycles. The van der Waals surface area contributed by atoms with Crippen molar-refractivity contribution in [3.63, 3.8) is 0 Å². The molecule has 1 fully saturated rings. The molecule has 1 aliphatic rings. The Kier molecular flexibility index (Phi) is 6.92. The molecule has 2 N–H and O–H groups in total. The van der Waals surface area contributed by atoms with Crippen molar-refractivity contribution in [1.82, 2.24) is 10.6 Å². The molecule has 1 aromatic rings. The van der Waals surface area contributed by atoms with Crippen LogP contribution < -0.4 is 10.6 Å². The van der Waals surface area contributed by atoms with Crippen LogP contribution in [-0.2, 0) is 11.3 Å². The highest BCUT2D eigenvalue weighted by atomic mass is 79.9. The monoisotopic (exact) mass is 402 g/mol. The average molecular weight is 403 g/mol. The Labute approximate surface area is 151 Å². The van der Waals surface area contributed by atoms with E-state index in [2.05, 4.69) is 38.7 Å². The van der Waals surface area contributed by atoms with Gasteiger partial charge in [0.15, 0.2) is 0 Å². The van der Waals surface area contributed by atoms with Crippen LogP contribution >= 0.6 is 27.3 Å². The lowest BCUT2D eigenvalue weighted by Crippen LogP contribution is -2.44. The first-order valence-corrected chi connectivity index (χ1v) is 9.89. The predicted molar refractivity (Wildman–Crippen MR) is 98.8 cm³/mol. The molecule has 23 heavy (non-hydrogen) atoms. The minimum Gasteiger partial charge on any atom is -0.444 e. The van der Waals surface area contributed by atoms with Crippen LogP contribution in [0.25, 0.3) is 0 Å². The van der Waals surface area contributed by atoms with Gasteiger partial charge in [-0.05, 0) is 67.6 Å². The zero-order valence-electron chi connectivity index (χ0n) is 14.2. The van der Waals surface area contributed by atoms with E-state index in [9.17, 15) is 4.79 Å². The summed E-state index contributed by atoms with van der Waals surface area (Å²) in [4.78, 5) is 13.2. The molecule has 6 heteroatoms. The van der Waals surface area contributed by atoms with Crippen molar-refractivity contribution in [2.75, 3.05) is 6.54 Å². The van der Waals surface area contributed by atoms with Crippen molar-refractivity contribution in [2.45, 2.75) is 64.6 Å². The van der Waals surface area contributed by atoms with Crippen molar-refractivity contribution >= 4 is 33.4 Å². The van der Waals surface area contributed by atoms with E-state index in [-0.39, 0.29) is 6.09 Å². The molecule has 0 spiro atoms. The Hall–Kier alpha value is -0.590. The fourth-order valence-corrected chi connectivity index (χ4v) is 4.36. The number of hydrogen-bond donors (Lipinski definition) is 2. The van der Waals surface area contributed by atoms with Crippen LogP contribution in [0.2, 0.25) is 0 Å².